The molecule has 1 aliphatic rings. The summed E-state index contributed by atoms with van der Waals surface area (Å²) < 4.78 is 2.36. The molecule has 15 heavy (non-hydrogen) atoms. The average Bonchev–Trinajstić information content (AvgIpc) is 2.45. The quantitative estimate of drug-likeness (QED) is 0.828. The third-order valence-corrected chi connectivity index (χ3v) is 6.58. The number of halogens is 2. The Morgan fingerprint density at radius 3 is 2.60 bits per heavy atom. The van der Waals surface area contributed by atoms with Crippen molar-refractivity contribution in [1.82, 2.24) is 5.32 Å². The third kappa shape index (κ3) is 2.65. The number of hydrogen-bond acceptors (Lipinski definition) is 2. The number of thiophene rings is 1. The van der Waals surface area contributed by atoms with E-state index in [9.17, 15) is 0 Å². The first kappa shape index (κ1) is 12.1. The van der Waals surface area contributed by atoms with Crippen LogP contribution in [0.2, 0.25) is 0 Å². The van der Waals surface area contributed by atoms with Gasteiger partial charge in [-0.25, -0.2) is 0 Å². The number of rotatable bonds is 4. The normalized spacial score (nSPS) is 18.9. The van der Waals surface area contributed by atoms with Crippen molar-refractivity contribution in [1.29, 1.82) is 0 Å². The van der Waals surface area contributed by atoms with Crippen molar-refractivity contribution < 1.29 is 0 Å². The smallest absolute Gasteiger partial charge is 0.0843 e. The van der Waals surface area contributed by atoms with Crippen molar-refractivity contribution in [3.8, 4) is 0 Å². The van der Waals surface area contributed by atoms with Crippen molar-refractivity contribution >= 4 is 43.2 Å². The molecule has 0 atom stereocenters. The summed E-state index contributed by atoms with van der Waals surface area (Å²) in [4.78, 5) is 1.40. The molecule has 0 unspecified atom stereocenters. The second-order valence-electron chi connectivity index (χ2n) is 4.18. The molecule has 0 spiro atoms. The van der Waals surface area contributed by atoms with E-state index in [0.717, 1.165) is 6.54 Å². The van der Waals surface area contributed by atoms with E-state index < -0.39 is 0 Å². The van der Waals surface area contributed by atoms with Crippen LogP contribution in [0.3, 0.4) is 0 Å². The van der Waals surface area contributed by atoms with E-state index in [1.54, 1.807) is 0 Å². The fraction of sp³-hybridized carbons (Fsp3) is 0.636. The summed E-state index contributed by atoms with van der Waals surface area (Å²) in [6.07, 6.45) is 5.33. The van der Waals surface area contributed by atoms with Crippen LogP contribution in [0.5, 0.6) is 0 Å². The molecule has 0 aliphatic heterocycles. The minimum atomic E-state index is 0.447. The van der Waals surface area contributed by atoms with Crippen molar-refractivity contribution in [3.63, 3.8) is 0 Å². The third-order valence-electron chi connectivity index (χ3n) is 3.32. The summed E-state index contributed by atoms with van der Waals surface area (Å²) in [7, 11) is 0. The highest BCUT2D eigenvalue weighted by Gasteiger charge is 2.34. The van der Waals surface area contributed by atoms with Crippen molar-refractivity contribution in [2.75, 3.05) is 0 Å². The Labute approximate surface area is 112 Å². The van der Waals surface area contributed by atoms with Crippen LogP contribution in [0.25, 0.3) is 0 Å². The lowest BCUT2D eigenvalue weighted by Crippen LogP contribution is -2.49. The van der Waals surface area contributed by atoms with Crippen LogP contribution >= 0.6 is 43.2 Å². The molecular formula is C11H15Br2NS. The predicted molar refractivity (Wildman–Crippen MR) is 73.4 cm³/mol. The Morgan fingerprint density at radius 1 is 1.47 bits per heavy atom. The van der Waals surface area contributed by atoms with Gasteiger partial charge in [-0.15, -0.1) is 11.3 Å². The Kier molecular flexibility index (Phi) is 3.92. The molecule has 0 amide bonds. The van der Waals surface area contributed by atoms with Crippen LogP contribution in [-0.2, 0) is 6.54 Å². The highest BCUT2D eigenvalue weighted by Crippen LogP contribution is 2.36. The van der Waals surface area contributed by atoms with Gasteiger partial charge in [-0.1, -0.05) is 6.92 Å². The van der Waals surface area contributed by atoms with Crippen LogP contribution in [0.15, 0.2) is 14.3 Å². The second kappa shape index (κ2) is 4.86. The first-order chi connectivity index (χ1) is 7.15. The fourth-order valence-electron chi connectivity index (χ4n) is 2.01. The molecule has 1 aromatic heterocycles. The Hall–Kier alpha value is 0.620. The Balaban J connectivity index is 1.92. The number of hydrogen-bond donors (Lipinski definition) is 1. The van der Waals surface area contributed by atoms with E-state index in [4.69, 9.17) is 0 Å². The maximum atomic E-state index is 3.71. The molecule has 0 aromatic carbocycles. The van der Waals surface area contributed by atoms with Gasteiger partial charge in [0.05, 0.1) is 3.79 Å². The monoisotopic (exact) mass is 351 g/mol. The summed E-state index contributed by atoms with van der Waals surface area (Å²) in [5.41, 5.74) is 0.447. The molecular weight excluding hydrogens is 338 g/mol. The molecule has 4 heteroatoms. The van der Waals surface area contributed by atoms with Crippen LogP contribution in [0, 0.1) is 0 Å². The van der Waals surface area contributed by atoms with E-state index in [1.165, 1.54) is 38.8 Å². The first-order valence-corrected chi connectivity index (χ1v) is 7.74. The van der Waals surface area contributed by atoms with Gasteiger partial charge in [0.1, 0.15) is 0 Å². The number of nitrogens with one attached hydrogen (secondary N) is 1. The van der Waals surface area contributed by atoms with Gasteiger partial charge in [-0.2, -0.15) is 0 Å². The maximum absolute atomic E-state index is 3.71. The second-order valence-corrected chi connectivity index (χ2v) is 7.48. The van der Waals surface area contributed by atoms with Gasteiger partial charge in [0.2, 0.25) is 0 Å². The van der Waals surface area contributed by atoms with Gasteiger partial charge in [0.15, 0.2) is 0 Å². The average molecular weight is 353 g/mol. The molecule has 2 rings (SSSR count). The lowest BCUT2D eigenvalue weighted by molar-refractivity contribution is 0.176. The molecule has 84 valence electrons. The molecule has 1 nitrogen and oxygen atoms in total. The Morgan fingerprint density at radius 2 is 2.20 bits per heavy atom. The lowest BCUT2D eigenvalue weighted by Gasteiger charge is -2.42. The zero-order valence-corrected chi connectivity index (χ0v) is 12.8. The molecule has 1 saturated carbocycles. The standard InChI is InChI=1S/C11H15Br2NS/c1-2-11(4-3-5-11)14-7-8-6-9(12)10(13)15-8/h6,14H,2-5,7H2,1H3. The summed E-state index contributed by atoms with van der Waals surface area (Å²) in [6, 6.07) is 2.20. The van der Waals surface area contributed by atoms with Gasteiger partial charge in [0, 0.05) is 21.4 Å². The lowest BCUT2D eigenvalue weighted by atomic mass is 9.75. The highest BCUT2D eigenvalue weighted by atomic mass is 79.9. The van der Waals surface area contributed by atoms with Crippen molar-refractivity contribution in [2.45, 2.75) is 44.7 Å². The van der Waals surface area contributed by atoms with Crippen LogP contribution in [-0.4, -0.2) is 5.54 Å². The summed E-state index contributed by atoms with van der Waals surface area (Å²) in [6.45, 7) is 3.29. The predicted octanol–water partition coefficient (Wildman–Crippen LogP) is 4.70. The largest absolute Gasteiger partial charge is 0.306 e. The van der Waals surface area contributed by atoms with Gasteiger partial charge in [-0.3, -0.25) is 0 Å². The fourth-order valence-corrected chi connectivity index (χ4v) is 4.13. The van der Waals surface area contributed by atoms with Gasteiger partial charge < -0.3 is 5.32 Å². The summed E-state index contributed by atoms with van der Waals surface area (Å²) >= 11 is 8.86. The summed E-state index contributed by atoms with van der Waals surface area (Å²) in [5, 5.41) is 3.71. The topological polar surface area (TPSA) is 12.0 Å². The van der Waals surface area contributed by atoms with Crippen molar-refractivity contribution in [3.05, 3.63) is 19.2 Å². The molecule has 1 N–H and O–H groups in total. The van der Waals surface area contributed by atoms with Crippen LogP contribution in [0.1, 0.15) is 37.5 Å². The molecule has 1 heterocycles. The van der Waals surface area contributed by atoms with E-state index >= 15 is 0 Å². The molecule has 0 bridgehead atoms. The minimum Gasteiger partial charge on any atom is -0.306 e. The van der Waals surface area contributed by atoms with Gasteiger partial charge in [-0.05, 0) is 63.6 Å². The minimum absolute atomic E-state index is 0.447. The molecule has 0 radical (unpaired) electrons. The van der Waals surface area contributed by atoms with Crippen LogP contribution in [0.4, 0.5) is 0 Å². The summed E-state index contributed by atoms with van der Waals surface area (Å²) in [5.74, 6) is 0. The zero-order chi connectivity index (χ0) is 10.9. The maximum Gasteiger partial charge on any atom is 0.0843 e. The van der Waals surface area contributed by atoms with E-state index in [1.807, 2.05) is 11.3 Å². The van der Waals surface area contributed by atoms with Gasteiger partial charge >= 0.3 is 0 Å². The molecule has 1 aromatic rings. The zero-order valence-electron chi connectivity index (χ0n) is 8.78. The SMILES string of the molecule is CCC1(NCc2cc(Br)c(Br)s2)CCC1. The molecule has 0 saturated heterocycles. The van der Waals surface area contributed by atoms with E-state index in [0.29, 0.717) is 5.54 Å². The van der Waals surface area contributed by atoms with Gasteiger partial charge in [0.25, 0.3) is 0 Å². The highest BCUT2D eigenvalue weighted by molar-refractivity contribution is 9.13. The first-order valence-electron chi connectivity index (χ1n) is 5.34. The van der Waals surface area contributed by atoms with E-state index in [2.05, 4.69) is 50.2 Å². The van der Waals surface area contributed by atoms with E-state index in [-0.39, 0.29) is 0 Å². The van der Waals surface area contributed by atoms with Crippen LogP contribution < -0.4 is 5.32 Å². The van der Waals surface area contributed by atoms with Crippen molar-refractivity contribution in [2.24, 2.45) is 0 Å². The Bertz CT molecular complexity index is 319. The molecule has 1 aliphatic carbocycles. The molecule has 1 fully saturated rings.